The molecular weight excluding hydrogens is 388 g/mol. The first-order chi connectivity index (χ1) is 12.8. The summed E-state index contributed by atoms with van der Waals surface area (Å²) in [7, 11) is 0. The fourth-order valence-electron chi connectivity index (χ4n) is 3.38. The molecule has 1 saturated heterocycles. The standard InChI is InChI=1S/C19H21ClN2O4S/c1-3-7-21-16(24)6-8-22-11(2)27-17(18(22)25)19(26)14-10-13(20)5-4-12(14)9-15(19)23/h4-5,10,17,26H,2-3,6-9H2,1H3,(H,21,24). The van der Waals surface area contributed by atoms with Crippen LogP contribution in [0, 0.1) is 0 Å². The Morgan fingerprint density at radius 1 is 1.48 bits per heavy atom. The number of carbonyl (C=O) groups is 3. The lowest BCUT2D eigenvalue weighted by Crippen LogP contribution is -2.47. The highest BCUT2D eigenvalue weighted by molar-refractivity contribution is 8.04. The van der Waals surface area contributed by atoms with Gasteiger partial charge in [0.25, 0.3) is 0 Å². The van der Waals surface area contributed by atoms with Crippen LogP contribution in [0.2, 0.25) is 5.02 Å². The second-order valence-corrected chi connectivity index (χ2v) is 8.26. The van der Waals surface area contributed by atoms with Gasteiger partial charge >= 0.3 is 0 Å². The van der Waals surface area contributed by atoms with E-state index in [4.69, 9.17) is 11.6 Å². The third-order valence-electron chi connectivity index (χ3n) is 4.82. The number of halogens is 1. The molecule has 2 unspecified atom stereocenters. The molecule has 0 bridgehead atoms. The molecule has 1 aliphatic carbocycles. The molecule has 1 heterocycles. The maximum atomic E-state index is 12.9. The number of nitrogens with zero attached hydrogens (tertiary/aromatic N) is 1. The van der Waals surface area contributed by atoms with Crippen molar-refractivity contribution in [1.29, 1.82) is 0 Å². The summed E-state index contributed by atoms with van der Waals surface area (Å²) >= 11 is 7.10. The van der Waals surface area contributed by atoms with Crippen LogP contribution in [-0.2, 0) is 26.4 Å². The molecule has 1 fully saturated rings. The van der Waals surface area contributed by atoms with Crippen molar-refractivity contribution in [3.8, 4) is 0 Å². The predicted molar refractivity (Wildman–Crippen MR) is 104 cm³/mol. The first-order valence-electron chi connectivity index (χ1n) is 8.77. The monoisotopic (exact) mass is 408 g/mol. The summed E-state index contributed by atoms with van der Waals surface area (Å²) in [5.74, 6) is -1.00. The Hall–Kier alpha value is -1.83. The number of amides is 2. The minimum Gasteiger partial charge on any atom is -0.376 e. The summed E-state index contributed by atoms with van der Waals surface area (Å²) in [6.07, 6.45) is 1.02. The van der Waals surface area contributed by atoms with Crippen LogP contribution >= 0.6 is 23.4 Å². The van der Waals surface area contributed by atoms with Crippen molar-refractivity contribution in [1.82, 2.24) is 10.2 Å². The zero-order valence-electron chi connectivity index (χ0n) is 15.0. The molecule has 0 aromatic heterocycles. The van der Waals surface area contributed by atoms with Crippen molar-refractivity contribution in [2.75, 3.05) is 13.1 Å². The Kier molecular flexibility index (Phi) is 5.65. The Bertz CT molecular complexity index is 828. The molecule has 6 nitrogen and oxygen atoms in total. The number of nitrogens with one attached hydrogen (secondary N) is 1. The van der Waals surface area contributed by atoms with E-state index in [1.807, 2.05) is 6.92 Å². The van der Waals surface area contributed by atoms with E-state index in [0.717, 1.165) is 18.2 Å². The number of aliphatic hydroxyl groups is 1. The van der Waals surface area contributed by atoms with Crippen molar-refractivity contribution in [3.05, 3.63) is 46.0 Å². The van der Waals surface area contributed by atoms with Gasteiger partial charge in [-0.25, -0.2) is 0 Å². The van der Waals surface area contributed by atoms with Crippen molar-refractivity contribution in [2.24, 2.45) is 0 Å². The molecule has 0 saturated carbocycles. The summed E-state index contributed by atoms with van der Waals surface area (Å²) < 4.78 is 0. The highest BCUT2D eigenvalue weighted by atomic mass is 35.5. The Balaban J connectivity index is 1.80. The number of hydrogen-bond acceptors (Lipinski definition) is 5. The van der Waals surface area contributed by atoms with Crippen LogP contribution in [-0.4, -0.2) is 45.9 Å². The van der Waals surface area contributed by atoms with E-state index < -0.39 is 22.5 Å². The van der Waals surface area contributed by atoms with Crippen LogP contribution in [0.1, 0.15) is 30.9 Å². The zero-order valence-corrected chi connectivity index (χ0v) is 16.5. The molecule has 2 amide bonds. The molecule has 1 aliphatic heterocycles. The highest BCUT2D eigenvalue weighted by Gasteiger charge is 2.57. The fourth-order valence-corrected chi connectivity index (χ4v) is 4.79. The van der Waals surface area contributed by atoms with Gasteiger partial charge in [-0.1, -0.05) is 42.9 Å². The summed E-state index contributed by atoms with van der Waals surface area (Å²) in [5.41, 5.74) is -0.895. The van der Waals surface area contributed by atoms with E-state index in [-0.39, 0.29) is 25.3 Å². The maximum absolute atomic E-state index is 12.9. The van der Waals surface area contributed by atoms with E-state index in [1.54, 1.807) is 18.2 Å². The van der Waals surface area contributed by atoms with E-state index in [1.165, 1.54) is 4.90 Å². The van der Waals surface area contributed by atoms with Crippen LogP contribution in [0.4, 0.5) is 0 Å². The van der Waals surface area contributed by atoms with Gasteiger partial charge in [0.05, 0.1) is 5.03 Å². The molecule has 2 atom stereocenters. The Labute approximate surface area is 166 Å². The zero-order chi connectivity index (χ0) is 19.8. The van der Waals surface area contributed by atoms with Crippen LogP contribution in [0.15, 0.2) is 29.8 Å². The van der Waals surface area contributed by atoms with E-state index in [9.17, 15) is 19.5 Å². The highest BCUT2D eigenvalue weighted by Crippen LogP contribution is 2.48. The van der Waals surface area contributed by atoms with Gasteiger partial charge < -0.3 is 15.3 Å². The topological polar surface area (TPSA) is 86.7 Å². The largest absolute Gasteiger partial charge is 0.376 e. The molecule has 144 valence electrons. The van der Waals surface area contributed by atoms with Crippen molar-refractivity contribution >= 4 is 41.0 Å². The molecule has 0 spiro atoms. The Morgan fingerprint density at radius 2 is 2.22 bits per heavy atom. The van der Waals surface area contributed by atoms with Crippen LogP contribution < -0.4 is 5.32 Å². The van der Waals surface area contributed by atoms with Crippen molar-refractivity contribution < 1.29 is 19.5 Å². The summed E-state index contributed by atoms with van der Waals surface area (Å²) in [5, 5.41) is 13.8. The van der Waals surface area contributed by atoms with Gasteiger partial charge in [-0.3, -0.25) is 14.4 Å². The average molecular weight is 409 g/mol. The summed E-state index contributed by atoms with van der Waals surface area (Å²) in [4.78, 5) is 38.8. The van der Waals surface area contributed by atoms with Gasteiger partial charge in [-0.05, 0) is 29.7 Å². The second kappa shape index (κ2) is 7.66. The normalized spacial score (nSPS) is 24.5. The molecule has 27 heavy (non-hydrogen) atoms. The van der Waals surface area contributed by atoms with Gasteiger partial charge in [0.1, 0.15) is 5.25 Å². The number of ketones is 1. The molecular formula is C19H21ClN2O4S. The average Bonchev–Trinajstić information content (AvgIpc) is 3.06. The third-order valence-corrected chi connectivity index (χ3v) is 6.32. The molecule has 1 aromatic rings. The SMILES string of the molecule is C=C1SC(C2(O)C(=O)Cc3ccc(Cl)cc32)C(=O)N1CCC(=O)NCCC. The molecule has 8 heteroatoms. The predicted octanol–water partition coefficient (Wildman–Crippen LogP) is 1.98. The van der Waals surface area contributed by atoms with Gasteiger partial charge in [0.15, 0.2) is 11.4 Å². The lowest BCUT2D eigenvalue weighted by Gasteiger charge is -2.27. The number of carbonyl (C=O) groups excluding carboxylic acids is 3. The minimum absolute atomic E-state index is 0.0548. The number of hydrogen-bond donors (Lipinski definition) is 2. The fraction of sp³-hybridized carbons (Fsp3) is 0.421. The van der Waals surface area contributed by atoms with Crippen molar-refractivity contribution in [3.63, 3.8) is 0 Å². The smallest absolute Gasteiger partial charge is 0.244 e. The molecule has 2 aliphatic rings. The number of rotatable bonds is 6. The lowest BCUT2D eigenvalue weighted by molar-refractivity contribution is -0.143. The van der Waals surface area contributed by atoms with Crippen LogP contribution in [0.3, 0.4) is 0 Å². The first-order valence-corrected chi connectivity index (χ1v) is 10.0. The van der Waals surface area contributed by atoms with Gasteiger partial charge in [0.2, 0.25) is 11.8 Å². The maximum Gasteiger partial charge on any atom is 0.244 e. The Morgan fingerprint density at radius 3 is 2.93 bits per heavy atom. The third kappa shape index (κ3) is 3.51. The van der Waals surface area contributed by atoms with E-state index in [2.05, 4.69) is 11.9 Å². The van der Waals surface area contributed by atoms with E-state index in [0.29, 0.717) is 27.7 Å². The molecule has 0 radical (unpaired) electrons. The summed E-state index contributed by atoms with van der Waals surface area (Å²) in [6, 6.07) is 4.89. The van der Waals surface area contributed by atoms with Crippen LogP contribution in [0.25, 0.3) is 0 Å². The van der Waals surface area contributed by atoms with Gasteiger partial charge in [0, 0.05) is 31.0 Å². The number of fused-ring (bicyclic) bond motifs is 1. The molecule has 3 rings (SSSR count). The second-order valence-electron chi connectivity index (χ2n) is 6.65. The number of benzene rings is 1. The number of thioether (sulfide) groups is 1. The van der Waals surface area contributed by atoms with Gasteiger partial charge in [-0.15, -0.1) is 0 Å². The van der Waals surface area contributed by atoms with Crippen LogP contribution in [0.5, 0.6) is 0 Å². The first kappa shape index (κ1) is 19.9. The van der Waals surface area contributed by atoms with Crippen molar-refractivity contribution in [2.45, 2.75) is 37.0 Å². The minimum atomic E-state index is -1.94. The van der Waals surface area contributed by atoms with Gasteiger partial charge in [-0.2, -0.15) is 0 Å². The van der Waals surface area contributed by atoms with E-state index >= 15 is 0 Å². The molecule has 2 N–H and O–H groups in total. The quantitative estimate of drug-likeness (QED) is 0.751. The lowest BCUT2D eigenvalue weighted by atomic mass is 9.90. The summed E-state index contributed by atoms with van der Waals surface area (Å²) in [6.45, 7) is 6.56. The number of Topliss-reactive ketones (excluding diaryl/α,β-unsaturated/α-hetero) is 1. The molecule has 1 aromatic carbocycles.